The zero-order chi connectivity index (χ0) is 13.7. The molecule has 0 radical (unpaired) electrons. The van der Waals surface area contributed by atoms with E-state index >= 15 is 0 Å². The van der Waals surface area contributed by atoms with Gasteiger partial charge in [-0.15, -0.1) is 11.7 Å². The molecule has 0 N–H and O–H groups in total. The Balaban J connectivity index is 2.04. The van der Waals surface area contributed by atoms with Crippen LogP contribution >= 0.6 is 0 Å². The maximum absolute atomic E-state index is 2.69. The quantitative estimate of drug-likeness (QED) is 0.542. The molecule has 0 aliphatic heterocycles. The Kier molecular flexibility index (Phi) is 5.80. The molecule has 0 atom stereocenters. The third kappa shape index (κ3) is 5.13. The van der Waals surface area contributed by atoms with E-state index in [9.17, 15) is 0 Å². The largest absolute Gasteiger partial charge is 0.171 e. The van der Waals surface area contributed by atoms with Gasteiger partial charge in [-0.2, -0.15) is 0 Å². The van der Waals surface area contributed by atoms with Crippen molar-refractivity contribution in [3.63, 3.8) is 0 Å². The van der Waals surface area contributed by atoms with Crippen LogP contribution in [0.4, 0.5) is 0 Å². The van der Waals surface area contributed by atoms with Gasteiger partial charge in [-0.05, 0) is 0 Å². The minimum Gasteiger partial charge on any atom is -0.122 e. The Labute approximate surface area is 122 Å². The van der Waals surface area contributed by atoms with E-state index in [2.05, 4.69) is 31.3 Å². The first-order chi connectivity index (χ1) is 9.06. The van der Waals surface area contributed by atoms with Crippen molar-refractivity contribution in [3.05, 3.63) is 11.7 Å². The summed E-state index contributed by atoms with van der Waals surface area (Å²) in [6.45, 7) is 8.35. The lowest BCUT2D eigenvalue weighted by Crippen LogP contribution is -2.30. The SMILES string of the molecule is C[Si](C)(C)/C=C/B(C1CCCCC1)C1CCCCC1. The summed E-state index contributed by atoms with van der Waals surface area (Å²) in [5.41, 5.74) is 2.64. The fourth-order valence-electron chi connectivity index (χ4n) is 4.14. The van der Waals surface area contributed by atoms with E-state index in [4.69, 9.17) is 0 Å². The second kappa shape index (κ2) is 7.15. The zero-order valence-electron chi connectivity index (χ0n) is 13.5. The molecule has 2 fully saturated rings. The van der Waals surface area contributed by atoms with E-state index in [1.807, 2.05) is 0 Å². The average Bonchev–Trinajstić information content (AvgIpc) is 2.40. The van der Waals surface area contributed by atoms with Gasteiger partial charge in [0.25, 0.3) is 0 Å². The van der Waals surface area contributed by atoms with Crippen LogP contribution in [0.5, 0.6) is 0 Å². The van der Waals surface area contributed by atoms with Gasteiger partial charge in [0, 0.05) is 0 Å². The van der Waals surface area contributed by atoms with Gasteiger partial charge >= 0.3 is 0 Å². The lowest BCUT2D eigenvalue weighted by molar-refractivity contribution is 0.464. The van der Waals surface area contributed by atoms with Crippen LogP contribution in [0.15, 0.2) is 11.7 Å². The van der Waals surface area contributed by atoms with Crippen molar-refractivity contribution < 1.29 is 0 Å². The molecular weight excluding hydrogens is 243 g/mol. The van der Waals surface area contributed by atoms with E-state index < -0.39 is 8.07 Å². The van der Waals surface area contributed by atoms with Crippen LogP contribution in [0.1, 0.15) is 64.2 Å². The first kappa shape index (κ1) is 15.4. The van der Waals surface area contributed by atoms with Crippen molar-refractivity contribution in [2.75, 3.05) is 0 Å². The lowest BCUT2D eigenvalue weighted by Gasteiger charge is -2.34. The monoisotopic (exact) mass is 276 g/mol. The molecule has 0 bridgehead atoms. The van der Waals surface area contributed by atoms with Crippen LogP contribution in [0.2, 0.25) is 31.3 Å². The van der Waals surface area contributed by atoms with Gasteiger partial charge in [-0.25, -0.2) is 0 Å². The molecular formula is C17H33BSi. The maximum Gasteiger partial charge on any atom is 0.171 e. The molecule has 0 aromatic heterocycles. The standard InChI is InChI=1S/C17H33BSi/c1-19(2,3)15-14-18(16-10-6-4-7-11-16)17-12-8-5-9-13-17/h14-17H,4-13H2,1-3H3/b15-14+. The molecule has 2 saturated carbocycles. The summed E-state index contributed by atoms with van der Waals surface area (Å²) in [5.74, 6) is 4.73. The van der Waals surface area contributed by atoms with Crippen molar-refractivity contribution in [2.24, 2.45) is 0 Å². The average molecular weight is 276 g/mol. The molecule has 2 aliphatic rings. The van der Waals surface area contributed by atoms with Crippen LogP contribution in [0.25, 0.3) is 0 Å². The molecule has 0 unspecified atom stereocenters. The van der Waals surface area contributed by atoms with Gasteiger partial charge in [0.1, 0.15) is 0 Å². The van der Waals surface area contributed by atoms with Crippen molar-refractivity contribution in [1.29, 1.82) is 0 Å². The summed E-state index contributed by atoms with van der Waals surface area (Å²) in [6, 6.07) is 0. The molecule has 2 aliphatic carbocycles. The Morgan fingerprint density at radius 2 is 1.16 bits per heavy atom. The highest BCUT2D eigenvalue weighted by Crippen LogP contribution is 2.41. The third-order valence-corrected chi connectivity index (χ3v) is 6.40. The summed E-state index contributed by atoms with van der Waals surface area (Å²) in [4.78, 5) is 0. The van der Waals surface area contributed by atoms with E-state index in [1.54, 1.807) is 0 Å². The van der Waals surface area contributed by atoms with E-state index in [-0.39, 0.29) is 0 Å². The van der Waals surface area contributed by atoms with Crippen molar-refractivity contribution in [2.45, 2.75) is 95.5 Å². The van der Waals surface area contributed by atoms with E-state index in [0.717, 1.165) is 18.3 Å². The minimum atomic E-state index is -1.03. The molecule has 2 heteroatoms. The molecule has 108 valence electrons. The zero-order valence-corrected chi connectivity index (χ0v) is 14.5. The predicted molar refractivity (Wildman–Crippen MR) is 91.9 cm³/mol. The summed E-state index contributed by atoms with van der Waals surface area (Å²) < 4.78 is 0. The highest BCUT2D eigenvalue weighted by molar-refractivity contribution is 6.82. The van der Waals surface area contributed by atoms with Crippen molar-refractivity contribution in [3.8, 4) is 0 Å². The van der Waals surface area contributed by atoms with Gasteiger partial charge in [-0.1, -0.05) is 95.5 Å². The van der Waals surface area contributed by atoms with Gasteiger partial charge in [0.2, 0.25) is 0 Å². The maximum atomic E-state index is 2.69. The Bertz CT molecular complexity index is 262. The van der Waals surface area contributed by atoms with Crippen LogP contribution in [0, 0.1) is 0 Å². The Morgan fingerprint density at radius 3 is 1.53 bits per heavy atom. The van der Waals surface area contributed by atoms with Crippen molar-refractivity contribution in [1.82, 2.24) is 0 Å². The fraction of sp³-hybridized carbons (Fsp3) is 0.882. The molecule has 0 amide bonds. The van der Waals surface area contributed by atoms with Crippen LogP contribution in [-0.4, -0.2) is 14.8 Å². The highest BCUT2D eigenvalue weighted by Gasteiger charge is 2.32. The smallest absolute Gasteiger partial charge is 0.122 e. The minimum absolute atomic E-state index is 0.923. The number of hydrogen-bond acceptors (Lipinski definition) is 0. The summed E-state index contributed by atoms with van der Waals surface area (Å²) in [6.07, 6.45) is 15.0. The molecule has 2 rings (SSSR count). The predicted octanol–water partition coefficient (Wildman–Crippen LogP) is 6.12. The van der Waals surface area contributed by atoms with Gasteiger partial charge in [0.15, 0.2) is 6.71 Å². The normalized spacial score (nSPS) is 23.9. The van der Waals surface area contributed by atoms with E-state index in [0.29, 0.717) is 0 Å². The summed E-state index contributed by atoms with van der Waals surface area (Å²) >= 11 is 0. The van der Waals surface area contributed by atoms with Crippen LogP contribution < -0.4 is 0 Å². The molecule has 0 aromatic rings. The van der Waals surface area contributed by atoms with Crippen molar-refractivity contribution >= 4 is 14.8 Å². The highest BCUT2D eigenvalue weighted by atomic mass is 28.3. The molecule has 0 aromatic carbocycles. The molecule has 0 heterocycles. The third-order valence-electron chi connectivity index (χ3n) is 5.21. The first-order valence-electron chi connectivity index (χ1n) is 8.76. The second-order valence-corrected chi connectivity index (χ2v) is 13.2. The van der Waals surface area contributed by atoms with Crippen LogP contribution in [-0.2, 0) is 0 Å². The van der Waals surface area contributed by atoms with Gasteiger partial charge in [-0.3, -0.25) is 0 Å². The molecule has 0 spiro atoms. The Hall–Kier alpha value is 0.0218. The number of hydrogen-bond donors (Lipinski definition) is 0. The van der Waals surface area contributed by atoms with E-state index in [1.165, 1.54) is 64.2 Å². The molecule has 0 saturated heterocycles. The number of rotatable bonds is 4. The first-order valence-corrected chi connectivity index (χ1v) is 12.3. The summed E-state index contributed by atoms with van der Waals surface area (Å²) in [7, 11) is -1.03. The second-order valence-electron chi connectivity index (χ2n) is 8.10. The van der Waals surface area contributed by atoms with Crippen LogP contribution in [0.3, 0.4) is 0 Å². The van der Waals surface area contributed by atoms with Gasteiger partial charge < -0.3 is 0 Å². The fourth-order valence-corrected chi connectivity index (χ4v) is 4.94. The molecule has 19 heavy (non-hydrogen) atoms. The lowest BCUT2D eigenvalue weighted by atomic mass is 9.30. The summed E-state index contributed by atoms with van der Waals surface area (Å²) in [5, 5.41) is 0. The van der Waals surface area contributed by atoms with Gasteiger partial charge in [0.05, 0.1) is 8.07 Å². The topological polar surface area (TPSA) is 0 Å². The Morgan fingerprint density at radius 1 is 0.737 bits per heavy atom. The molecule has 0 nitrogen and oxygen atoms in total.